The van der Waals surface area contributed by atoms with E-state index in [4.69, 9.17) is 9.26 Å². The molecule has 0 spiro atoms. The van der Waals surface area contributed by atoms with Crippen LogP contribution in [0.3, 0.4) is 0 Å². The third kappa shape index (κ3) is 2.42. The molecule has 2 aliphatic heterocycles. The highest BCUT2D eigenvalue weighted by molar-refractivity contribution is 7.07. The zero-order valence-electron chi connectivity index (χ0n) is 12.1. The summed E-state index contributed by atoms with van der Waals surface area (Å²) in [6, 6.07) is 0. The first-order valence-corrected chi connectivity index (χ1v) is 8.28. The molecule has 8 heteroatoms. The molecule has 4 rings (SSSR count). The van der Waals surface area contributed by atoms with Gasteiger partial charge in [0.25, 0.3) is 11.8 Å². The van der Waals surface area contributed by atoms with Gasteiger partial charge >= 0.3 is 0 Å². The molecule has 0 unspecified atom stereocenters. The molecule has 0 aliphatic carbocycles. The second kappa shape index (κ2) is 5.44. The molecular weight excluding hydrogens is 304 g/mol. The number of aryl methyl sites for hydroxylation is 1. The van der Waals surface area contributed by atoms with Crippen molar-refractivity contribution in [1.82, 2.24) is 20.0 Å². The summed E-state index contributed by atoms with van der Waals surface area (Å²) in [6.07, 6.45) is 1.67. The lowest BCUT2D eigenvalue weighted by Crippen LogP contribution is -2.44. The summed E-state index contributed by atoms with van der Waals surface area (Å²) in [4.78, 5) is 22.6. The van der Waals surface area contributed by atoms with E-state index in [-0.39, 0.29) is 18.1 Å². The summed E-state index contributed by atoms with van der Waals surface area (Å²) in [6.45, 7) is 3.20. The predicted octanol–water partition coefficient (Wildman–Crippen LogP) is 1.83. The van der Waals surface area contributed by atoms with E-state index in [0.717, 1.165) is 12.8 Å². The largest absolute Gasteiger partial charge is 0.365 e. The Bertz CT molecular complexity index is 671. The van der Waals surface area contributed by atoms with Gasteiger partial charge in [0.05, 0.1) is 11.6 Å². The number of fused-ring (bicyclic) bond motifs is 1. The van der Waals surface area contributed by atoms with Gasteiger partial charge in [-0.05, 0) is 19.8 Å². The van der Waals surface area contributed by atoms with Crippen molar-refractivity contribution >= 4 is 17.2 Å². The Labute approximate surface area is 131 Å². The highest BCUT2D eigenvalue weighted by Gasteiger charge is 2.42. The van der Waals surface area contributed by atoms with Crippen LogP contribution in [0, 0.1) is 12.8 Å². The van der Waals surface area contributed by atoms with E-state index in [2.05, 4.69) is 15.1 Å². The van der Waals surface area contributed by atoms with Gasteiger partial charge in [0.15, 0.2) is 5.82 Å². The average Bonchev–Trinajstić information content (AvgIpc) is 3.25. The van der Waals surface area contributed by atoms with E-state index in [1.807, 2.05) is 4.90 Å². The average molecular weight is 320 g/mol. The number of carbonyl (C=O) groups excluding carboxylic acids is 1. The number of nitrogens with zero attached hydrogens (tertiary/aromatic N) is 4. The lowest BCUT2D eigenvalue weighted by Gasteiger charge is -2.33. The minimum Gasteiger partial charge on any atom is -0.365 e. The predicted molar refractivity (Wildman–Crippen MR) is 77.4 cm³/mol. The van der Waals surface area contributed by atoms with E-state index in [1.54, 1.807) is 17.8 Å². The van der Waals surface area contributed by atoms with Gasteiger partial charge in [-0.25, -0.2) is 4.98 Å². The van der Waals surface area contributed by atoms with Crippen molar-refractivity contribution in [3.05, 3.63) is 28.3 Å². The second-order valence-electron chi connectivity index (χ2n) is 5.75. The van der Waals surface area contributed by atoms with Crippen LogP contribution in [0.4, 0.5) is 0 Å². The number of hydrogen-bond acceptors (Lipinski definition) is 7. The SMILES string of the molecule is Cc1noc([C@@H]2C[C@@H]3CN(C(=O)c4cscn4)CC[C@@H]3O2)n1. The molecule has 0 saturated carbocycles. The maximum atomic E-state index is 12.4. The monoisotopic (exact) mass is 320 g/mol. The summed E-state index contributed by atoms with van der Waals surface area (Å²) in [5, 5.41) is 5.61. The molecule has 2 aliphatic rings. The van der Waals surface area contributed by atoms with Crippen LogP contribution in [0.25, 0.3) is 0 Å². The fourth-order valence-corrected chi connectivity index (χ4v) is 3.75. The molecule has 3 atom stereocenters. The van der Waals surface area contributed by atoms with Gasteiger partial charge in [0.1, 0.15) is 11.8 Å². The fraction of sp³-hybridized carbons (Fsp3) is 0.571. The van der Waals surface area contributed by atoms with Crippen molar-refractivity contribution in [2.45, 2.75) is 32.0 Å². The number of aromatic nitrogens is 3. The van der Waals surface area contributed by atoms with Gasteiger partial charge in [-0.1, -0.05) is 5.16 Å². The number of likely N-dealkylation sites (tertiary alicyclic amines) is 1. The van der Waals surface area contributed by atoms with E-state index in [1.165, 1.54) is 11.3 Å². The molecule has 2 fully saturated rings. The zero-order valence-corrected chi connectivity index (χ0v) is 13.0. The molecule has 7 nitrogen and oxygen atoms in total. The van der Waals surface area contributed by atoms with Crippen LogP contribution in [0.5, 0.6) is 0 Å². The maximum Gasteiger partial charge on any atom is 0.273 e. The first kappa shape index (κ1) is 13.8. The Morgan fingerprint density at radius 1 is 1.50 bits per heavy atom. The van der Waals surface area contributed by atoms with Crippen molar-refractivity contribution in [1.29, 1.82) is 0 Å². The normalized spacial score (nSPS) is 27.9. The molecule has 2 saturated heterocycles. The quantitative estimate of drug-likeness (QED) is 0.839. The van der Waals surface area contributed by atoms with Crippen LogP contribution in [0.15, 0.2) is 15.4 Å². The van der Waals surface area contributed by atoms with Crippen LogP contribution in [0.2, 0.25) is 0 Å². The third-order valence-corrected chi connectivity index (χ3v) is 4.86. The molecule has 4 heterocycles. The number of ether oxygens (including phenoxy) is 1. The molecule has 0 aromatic carbocycles. The lowest BCUT2D eigenvalue weighted by molar-refractivity contribution is -0.00785. The number of thiazole rings is 1. The topological polar surface area (TPSA) is 81.4 Å². The highest BCUT2D eigenvalue weighted by atomic mass is 32.1. The number of rotatable bonds is 2. The Balaban J connectivity index is 1.44. The van der Waals surface area contributed by atoms with Crippen LogP contribution in [-0.2, 0) is 4.74 Å². The van der Waals surface area contributed by atoms with Gasteiger partial charge < -0.3 is 14.2 Å². The standard InChI is InChI=1S/C14H16N4O3S/c1-8-16-13(21-17-8)12-4-9-5-18(3-2-11(9)20-12)14(19)10-6-22-7-15-10/h6-7,9,11-12H,2-5H2,1H3/t9-,11+,12+/m1/s1. The molecule has 22 heavy (non-hydrogen) atoms. The van der Waals surface area contributed by atoms with Gasteiger partial charge in [0, 0.05) is 24.4 Å². The Morgan fingerprint density at radius 3 is 3.14 bits per heavy atom. The van der Waals surface area contributed by atoms with E-state index >= 15 is 0 Å². The van der Waals surface area contributed by atoms with Crippen LogP contribution in [0.1, 0.15) is 41.1 Å². The molecule has 2 aromatic heterocycles. The zero-order chi connectivity index (χ0) is 15.1. The Morgan fingerprint density at radius 2 is 2.41 bits per heavy atom. The molecule has 0 bridgehead atoms. The van der Waals surface area contributed by atoms with Gasteiger partial charge in [-0.3, -0.25) is 4.79 Å². The summed E-state index contributed by atoms with van der Waals surface area (Å²) < 4.78 is 11.2. The lowest BCUT2D eigenvalue weighted by atomic mass is 9.92. The second-order valence-corrected chi connectivity index (χ2v) is 6.47. The smallest absolute Gasteiger partial charge is 0.273 e. The number of amides is 1. The molecule has 1 amide bonds. The summed E-state index contributed by atoms with van der Waals surface area (Å²) in [5.74, 6) is 1.49. The van der Waals surface area contributed by atoms with Gasteiger partial charge in [-0.2, -0.15) is 4.98 Å². The first-order chi connectivity index (χ1) is 10.7. The molecule has 0 radical (unpaired) electrons. The van der Waals surface area contributed by atoms with Crippen LogP contribution in [-0.4, -0.2) is 45.1 Å². The van der Waals surface area contributed by atoms with Crippen LogP contribution >= 0.6 is 11.3 Å². The highest BCUT2D eigenvalue weighted by Crippen LogP contribution is 2.40. The molecular formula is C14H16N4O3S. The Hall–Kier alpha value is -1.80. The summed E-state index contributed by atoms with van der Waals surface area (Å²) in [5.41, 5.74) is 2.22. The minimum atomic E-state index is -0.148. The van der Waals surface area contributed by atoms with Crippen molar-refractivity contribution < 1.29 is 14.1 Å². The van der Waals surface area contributed by atoms with Gasteiger partial charge in [-0.15, -0.1) is 11.3 Å². The third-order valence-electron chi connectivity index (χ3n) is 4.28. The number of carbonyl (C=O) groups is 1. The van der Waals surface area contributed by atoms with Crippen molar-refractivity contribution in [2.75, 3.05) is 13.1 Å². The Kier molecular flexibility index (Phi) is 3.42. The van der Waals surface area contributed by atoms with Gasteiger partial charge in [0.2, 0.25) is 0 Å². The summed E-state index contributed by atoms with van der Waals surface area (Å²) >= 11 is 1.44. The molecule has 116 valence electrons. The summed E-state index contributed by atoms with van der Waals surface area (Å²) in [7, 11) is 0. The number of hydrogen-bond donors (Lipinski definition) is 0. The fourth-order valence-electron chi connectivity index (χ4n) is 3.23. The van der Waals surface area contributed by atoms with E-state index < -0.39 is 0 Å². The maximum absolute atomic E-state index is 12.4. The van der Waals surface area contributed by atoms with Crippen molar-refractivity contribution in [3.63, 3.8) is 0 Å². The molecule has 2 aromatic rings. The molecule has 0 N–H and O–H groups in total. The van der Waals surface area contributed by atoms with Crippen molar-refractivity contribution in [2.24, 2.45) is 5.92 Å². The minimum absolute atomic E-state index is 0.0109. The van der Waals surface area contributed by atoms with Crippen LogP contribution < -0.4 is 0 Å². The first-order valence-electron chi connectivity index (χ1n) is 7.34. The number of piperidine rings is 1. The van der Waals surface area contributed by atoms with E-state index in [9.17, 15) is 4.79 Å². The van der Waals surface area contributed by atoms with E-state index in [0.29, 0.717) is 36.4 Å². The van der Waals surface area contributed by atoms with Crippen molar-refractivity contribution in [3.8, 4) is 0 Å².